The standard InChI is InChI=1S/C11H20N2O3/c1-3-10(4-2)13(5-6-14)11-12-9(7-15)8-16-11/h8,10,14-15H,3-7H2,1-2H3. The molecule has 0 aliphatic heterocycles. The quantitative estimate of drug-likeness (QED) is 0.732. The Hall–Kier alpha value is -1.07. The summed E-state index contributed by atoms with van der Waals surface area (Å²) in [5.74, 6) is 0. The molecule has 0 aliphatic rings. The topological polar surface area (TPSA) is 69.7 Å². The molecule has 0 spiro atoms. The number of hydrogen-bond acceptors (Lipinski definition) is 5. The highest BCUT2D eigenvalue weighted by Crippen LogP contribution is 2.19. The smallest absolute Gasteiger partial charge is 0.297 e. The number of hydrogen-bond donors (Lipinski definition) is 2. The second kappa shape index (κ2) is 6.50. The molecule has 0 fully saturated rings. The molecule has 0 aliphatic carbocycles. The molecule has 2 N–H and O–H groups in total. The van der Waals surface area contributed by atoms with E-state index in [0.29, 0.717) is 24.3 Å². The first-order chi connectivity index (χ1) is 7.76. The molecule has 1 aromatic heterocycles. The van der Waals surface area contributed by atoms with Crippen LogP contribution in [0.5, 0.6) is 0 Å². The van der Waals surface area contributed by atoms with Crippen LogP contribution in [0.2, 0.25) is 0 Å². The van der Waals surface area contributed by atoms with E-state index >= 15 is 0 Å². The van der Waals surface area contributed by atoms with Gasteiger partial charge in [0, 0.05) is 12.6 Å². The van der Waals surface area contributed by atoms with Gasteiger partial charge in [0.25, 0.3) is 6.01 Å². The van der Waals surface area contributed by atoms with Crippen LogP contribution in [0.25, 0.3) is 0 Å². The average molecular weight is 228 g/mol. The maximum absolute atomic E-state index is 9.04. The first-order valence-electron chi connectivity index (χ1n) is 5.69. The molecule has 1 heterocycles. The normalized spacial score (nSPS) is 11.1. The summed E-state index contributed by atoms with van der Waals surface area (Å²) in [6, 6.07) is 0.782. The van der Waals surface area contributed by atoms with Crippen molar-refractivity contribution in [2.75, 3.05) is 18.1 Å². The van der Waals surface area contributed by atoms with E-state index in [4.69, 9.17) is 14.6 Å². The van der Waals surface area contributed by atoms with Crippen LogP contribution >= 0.6 is 0 Å². The van der Waals surface area contributed by atoms with E-state index in [2.05, 4.69) is 18.8 Å². The van der Waals surface area contributed by atoms with E-state index in [9.17, 15) is 0 Å². The Labute approximate surface area is 95.7 Å². The van der Waals surface area contributed by atoms with Crippen molar-refractivity contribution < 1.29 is 14.6 Å². The summed E-state index contributed by atoms with van der Waals surface area (Å²) < 4.78 is 5.30. The maximum Gasteiger partial charge on any atom is 0.297 e. The van der Waals surface area contributed by atoms with Gasteiger partial charge in [0.1, 0.15) is 12.0 Å². The van der Waals surface area contributed by atoms with Crippen molar-refractivity contribution in [3.8, 4) is 0 Å². The predicted molar refractivity (Wildman–Crippen MR) is 61.2 cm³/mol. The Balaban J connectivity index is 2.82. The van der Waals surface area contributed by atoms with Crippen LogP contribution in [-0.4, -0.2) is 34.4 Å². The number of aromatic nitrogens is 1. The summed E-state index contributed by atoms with van der Waals surface area (Å²) in [7, 11) is 0. The van der Waals surface area contributed by atoms with Gasteiger partial charge in [-0.15, -0.1) is 0 Å². The Morgan fingerprint density at radius 2 is 2.06 bits per heavy atom. The number of nitrogens with zero attached hydrogens (tertiary/aromatic N) is 2. The first-order valence-corrected chi connectivity index (χ1v) is 5.69. The molecule has 92 valence electrons. The van der Waals surface area contributed by atoms with Crippen LogP contribution in [0.3, 0.4) is 0 Å². The van der Waals surface area contributed by atoms with E-state index in [1.807, 2.05) is 4.90 Å². The number of anilines is 1. The van der Waals surface area contributed by atoms with Crippen molar-refractivity contribution in [1.82, 2.24) is 4.98 Å². The number of rotatable bonds is 7. The van der Waals surface area contributed by atoms with Crippen molar-refractivity contribution in [2.24, 2.45) is 0 Å². The Morgan fingerprint density at radius 3 is 2.50 bits per heavy atom. The molecule has 0 amide bonds. The Bertz CT molecular complexity index is 297. The van der Waals surface area contributed by atoms with Crippen molar-refractivity contribution in [3.05, 3.63) is 12.0 Å². The van der Waals surface area contributed by atoms with E-state index in [1.165, 1.54) is 6.26 Å². The fourth-order valence-electron chi connectivity index (χ4n) is 1.77. The van der Waals surface area contributed by atoms with Crippen molar-refractivity contribution >= 4 is 6.01 Å². The van der Waals surface area contributed by atoms with Gasteiger partial charge in [-0.3, -0.25) is 0 Å². The molecule has 0 radical (unpaired) electrons. The molecule has 1 rings (SSSR count). The number of oxazole rings is 1. The third-order valence-corrected chi connectivity index (χ3v) is 2.67. The zero-order valence-electron chi connectivity index (χ0n) is 9.89. The minimum Gasteiger partial charge on any atom is -0.432 e. The number of aliphatic hydroxyl groups excluding tert-OH is 2. The van der Waals surface area contributed by atoms with E-state index < -0.39 is 0 Å². The minimum absolute atomic E-state index is 0.0628. The van der Waals surface area contributed by atoms with Gasteiger partial charge in [0.2, 0.25) is 0 Å². The number of aliphatic hydroxyl groups is 2. The van der Waals surface area contributed by atoms with Crippen molar-refractivity contribution in [1.29, 1.82) is 0 Å². The van der Waals surface area contributed by atoms with Crippen molar-refractivity contribution in [2.45, 2.75) is 39.3 Å². The second-order valence-electron chi connectivity index (χ2n) is 3.67. The van der Waals surface area contributed by atoms with Crippen LogP contribution in [0.4, 0.5) is 6.01 Å². The lowest BCUT2D eigenvalue weighted by Crippen LogP contribution is -2.37. The van der Waals surface area contributed by atoms with Crippen LogP contribution in [0.15, 0.2) is 10.7 Å². The zero-order chi connectivity index (χ0) is 12.0. The lowest BCUT2D eigenvalue weighted by atomic mass is 10.1. The summed E-state index contributed by atoms with van der Waals surface area (Å²) >= 11 is 0. The second-order valence-corrected chi connectivity index (χ2v) is 3.67. The van der Waals surface area contributed by atoms with E-state index in [-0.39, 0.29) is 13.2 Å². The molecule has 1 aromatic rings. The molecule has 0 bridgehead atoms. The molecular formula is C11H20N2O3. The highest BCUT2D eigenvalue weighted by atomic mass is 16.4. The van der Waals surface area contributed by atoms with Gasteiger partial charge in [0.05, 0.1) is 13.2 Å². The molecule has 0 unspecified atom stereocenters. The van der Waals surface area contributed by atoms with Crippen LogP contribution < -0.4 is 4.90 Å². The maximum atomic E-state index is 9.04. The van der Waals surface area contributed by atoms with Gasteiger partial charge in [-0.25, -0.2) is 0 Å². The average Bonchev–Trinajstić information content (AvgIpc) is 2.77. The third kappa shape index (κ3) is 2.96. The van der Waals surface area contributed by atoms with Gasteiger partial charge >= 0.3 is 0 Å². The lowest BCUT2D eigenvalue weighted by molar-refractivity contribution is 0.276. The largest absolute Gasteiger partial charge is 0.432 e. The molecule has 0 saturated carbocycles. The summed E-state index contributed by atoms with van der Waals surface area (Å²) in [5, 5.41) is 18.0. The lowest BCUT2D eigenvalue weighted by Gasteiger charge is -2.28. The van der Waals surface area contributed by atoms with Crippen molar-refractivity contribution in [3.63, 3.8) is 0 Å². The molecule has 5 heteroatoms. The monoisotopic (exact) mass is 228 g/mol. The zero-order valence-corrected chi connectivity index (χ0v) is 9.89. The molecule has 0 atom stereocenters. The minimum atomic E-state index is -0.126. The summed E-state index contributed by atoms with van der Waals surface area (Å²) in [6.45, 7) is 4.62. The SMILES string of the molecule is CCC(CC)N(CCO)c1nc(CO)co1. The third-order valence-electron chi connectivity index (χ3n) is 2.67. The van der Waals surface area contributed by atoms with Crippen LogP contribution in [0.1, 0.15) is 32.4 Å². The first kappa shape index (κ1) is 13.0. The molecule has 0 aromatic carbocycles. The molecule has 5 nitrogen and oxygen atoms in total. The molecule has 0 saturated heterocycles. The van der Waals surface area contributed by atoms with Gasteiger partial charge in [0.15, 0.2) is 0 Å². The highest BCUT2D eigenvalue weighted by Gasteiger charge is 2.19. The fourth-order valence-corrected chi connectivity index (χ4v) is 1.77. The van der Waals surface area contributed by atoms with Gasteiger partial charge < -0.3 is 19.5 Å². The van der Waals surface area contributed by atoms with Gasteiger partial charge in [-0.05, 0) is 12.8 Å². The highest BCUT2D eigenvalue weighted by molar-refractivity contribution is 5.28. The van der Waals surface area contributed by atoms with Crippen LogP contribution in [0, 0.1) is 0 Å². The Morgan fingerprint density at radius 1 is 1.38 bits per heavy atom. The van der Waals surface area contributed by atoms with Gasteiger partial charge in [-0.1, -0.05) is 13.8 Å². The molecule has 16 heavy (non-hydrogen) atoms. The fraction of sp³-hybridized carbons (Fsp3) is 0.727. The summed E-state index contributed by atoms with van der Waals surface area (Å²) in [6.07, 6.45) is 3.38. The van der Waals surface area contributed by atoms with E-state index in [0.717, 1.165) is 12.8 Å². The van der Waals surface area contributed by atoms with Gasteiger partial charge in [-0.2, -0.15) is 4.98 Å². The summed E-state index contributed by atoms with van der Waals surface area (Å²) in [4.78, 5) is 6.11. The van der Waals surface area contributed by atoms with E-state index in [1.54, 1.807) is 0 Å². The summed E-state index contributed by atoms with van der Waals surface area (Å²) in [5.41, 5.74) is 0.517. The Kier molecular flexibility index (Phi) is 5.28. The van der Waals surface area contributed by atoms with Crippen LogP contribution in [-0.2, 0) is 6.61 Å². The molecular weight excluding hydrogens is 208 g/mol. The predicted octanol–water partition coefficient (Wildman–Crippen LogP) is 1.15.